The molecule has 1 saturated heterocycles. The molecule has 0 saturated carbocycles. The molecule has 1 fully saturated rings. The van der Waals surface area contributed by atoms with Gasteiger partial charge in [-0.25, -0.2) is 4.79 Å². The third-order valence-corrected chi connectivity index (χ3v) is 6.03. The predicted molar refractivity (Wildman–Crippen MR) is 123 cm³/mol. The van der Waals surface area contributed by atoms with Crippen molar-refractivity contribution in [2.45, 2.75) is 18.1 Å². The van der Waals surface area contributed by atoms with Gasteiger partial charge >= 0.3 is 5.97 Å². The third-order valence-electron chi connectivity index (χ3n) is 4.96. The molecule has 32 heavy (non-hydrogen) atoms. The third kappa shape index (κ3) is 5.23. The smallest absolute Gasteiger partial charge is 0.337 e. The number of hydrogen-bond acceptors (Lipinski definition) is 8. The number of thioether (sulfide) groups is 1. The molecule has 1 aliphatic rings. The van der Waals surface area contributed by atoms with E-state index in [1.165, 1.54) is 7.11 Å². The van der Waals surface area contributed by atoms with E-state index in [0.717, 1.165) is 48.9 Å². The largest absolute Gasteiger partial charge is 0.465 e. The molecular weight excluding hydrogens is 452 g/mol. The molecule has 0 atom stereocenters. The van der Waals surface area contributed by atoms with Crippen LogP contribution in [0.4, 0.5) is 11.4 Å². The van der Waals surface area contributed by atoms with Crippen LogP contribution in [0.2, 0.25) is 5.02 Å². The normalized spacial score (nSPS) is 13.2. The highest BCUT2D eigenvalue weighted by atomic mass is 35.5. The Morgan fingerprint density at radius 1 is 1.16 bits per heavy atom. The van der Waals surface area contributed by atoms with Gasteiger partial charge < -0.3 is 19.4 Å². The number of hydrogen-bond donors (Lipinski definition) is 1. The highest BCUT2D eigenvalue weighted by Gasteiger charge is 2.20. The Hall–Kier alpha value is -3.04. The van der Waals surface area contributed by atoms with Gasteiger partial charge in [0.15, 0.2) is 0 Å². The first-order chi connectivity index (χ1) is 15.5. The van der Waals surface area contributed by atoms with E-state index >= 15 is 0 Å². The summed E-state index contributed by atoms with van der Waals surface area (Å²) in [6.07, 6.45) is 2.18. The average Bonchev–Trinajstić information content (AvgIpc) is 3.50. The van der Waals surface area contributed by atoms with Crippen molar-refractivity contribution in [3.05, 3.63) is 53.1 Å². The molecule has 8 nitrogen and oxygen atoms in total. The van der Waals surface area contributed by atoms with E-state index in [0.29, 0.717) is 22.2 Å². The number of ether oxygens (including phenoxy) is 1. The van der Waals surface area contributed by atoms with Gasteiger partial charge in [-0.15, -0.1) is 10.2 Å². The molecule has 0 aliphatic carbocycles. The van der Waals surface area contributed by atoms with E-state index in [1.807, 2.05) is 6.07 Å². The number of nitrogens with one attached hydrogen (secondary N) is 1. The van der Waals surface area contributed by atoms with Crippen molar-refractivity contribution in [1.82, 2.24) is 10.2 Å². The van der Waals surface area contributed by atoms with Crippen LogP contribution in [0.5, 0.6) is 0 Å². The SMILES string of the molecule is COC(=O)c1ccc(N2CCCC2)c(NC(=O)CSc2nnc(-c3ccc(Cl)cc3)o2)c1. The van der Waals surface area contributed by atoms with Gasteiger partial charge in [0.05, 0.1) is 29.8 Å². The Labute approximate surface area is 194 Å². The number of rotatable bonds is 7. The number of aromatic nitrogens is 2. The summed E-state index contributed by atoms with van der Waals surface area (Å²) in [5.74, 6) is -0.275. The number of halogens is 1. The van der Waals surface area contributed by atoms with Crippen LogP contribution in [0, 0.1) is 0 Å². The van der Waals surface area contributed by atoms with E-state index in [1.54, 1.807) is 36.4 Å². The fourth-order valence-electron chi connectivity index (χ4n) is 3.41. The quantitative estimate of drug-likeness (QED) is 0.396. The lowest BCUT2D eigenvalue weighted by molar-refractivity contribution is -0.113. The lowest BCUT2D eigenvalue weighted by Gasteiger charge is -2.22. The first-order valence-corrected chi connectivity index (χ1v) is 11.4. The summed E-state index contributed by atoms with van der Waals surface area (Å²) in [4.78, 5) is 26.8. The summed E-state index contributed by atoms with van der Waals surface area (Å²) in [6, 6.07) is 12.2. The Morgan fingerprint density at radius 2 is 1.91 bits per heavy atom. The molecule has 0 bridgehead atoms. The molecule has 166 valence electrons. The van der Waals surface area contributed by atoms with Crippen LogP contribution in [0.25, 0.3) is 11.5 Å². The summed E-state index contributed by atoms with van der Waals surface area (Å²) in [5.41, 5.74) is 2.58. The van der Waals surface area contributed by atoms with Gasteiger partial charge in [0.2, 0.25) is 11.8 Å². The van der Waals surface area contributed by atoms with Gasteiger partial charge in [0.1, 0.15) is 0 Å². The van der Waals surface area contributed by atoms with Gasteiger partial charge in [-0.05, 0) is 55.3 Å². The average molecular weight is 473 g/mol. The molecule has 1 N–H and O–H groups in total. The van der Waals surface area contributed by atoms with Crippen LogP contribution in [-0.2, 0) is 9.53 Å². The molecule has 1 aliphatic heterocycles. The molecule has 4 rings (SSSR count). The van der Waals surface area contributed by atoms with E-state index in [2.05, 4.69) is 20.4 Å². The van der Waals surface area contributed by atoms with E-state index in [-0.39, 0.29) is 16.9 Å². The second kappa shape index (κ2) is 10.1. The molecule has 10 heteroatoms. The first kappa shape index (κ1) is 22.2. The van der Waals surface area contributed by atoms with Crippen molar-refractivity contribution in [1.29, 1.82) is 0 Å². The number of anilines is 2. The number of nitrogens with zero attached hydrogens (tertiary/aromatic N) is 3. The first-order valence-electron chi connectivity index (χ1n) is 10.0. The van der Waals surface area contributed by atoms with Crippen molar-refractivity contribution in [2.75, 3.05) is 36.2 Å². The fraction of sp³-hybridized carbons (Fsp3) is 0.273. The van der Waals surface area contributed by atoms with Gasteiger partial charge in [0, 0.05) is 23.7 Å². The topological polar surface area (TPSA) is 97.6 Å². The Kier molecular flexibility index (Phi) is 6.96. The van der Waals surface area contributed by atoms with Gasteiger partial charge in [0.25, 0.3) is 5.22 Å². The van der Waals surface area contributed by atoms with Crippen LogP contribution in [0.1, 0.15) is 23.2 Å². The summed E-state index contributed by atoms with van der Waals surface area (Å²) in [5, 5.41) is 11.8. The van der Waals surface area contributed by atoms with Crippen molar-refractivity contribution < 1.29 is 18.7 Å². The van der Waals surface area contributed by atoms with Crippen molar-refractivity contribution in [3.63, 3.8) is 0 Å². The molecule has 0 spiro atoms. The van der Waals surface area contributed by atoms with E-state index < -0.39 is 5.97 Å². The maximum absolute atomic E-state index is 12.6. The zero-order chi connectivity index (χ0) is 22.5. The molecule has 1 amide bonds. The number of carbonyl (C=O) groups is 2. The minimum Gasteiger partial charge on any atom is -0.465 e. The molecule has 0 unspecified atom stereocenters. The minimum absolute atomic E-state index is 0.0736. The zero-order valence-electron chi connectivity index (χ0n) is 17.3. The molecule has 0 radical (unpaired) electrons. The molecule has 2 aromatic carbocycles. The summed E-state index contributed by atoms with van der Waals surface area (Å²) >= 11 is 7.04. The van der Waals surface area contributed by atoms with E-state index in [9.17, 15) is 9.59 Å². The molecule has 1 aromatic heterocycles. The fourth-order valence-corrected chi connectivity index (χ4v) is 4.09. The number of benzene rings is 2. The zero-order valence-corrected chi connectivity index (χ0v) is 18.9. The van der Waals surface area contributed by atoms with Gasteiger partial charge in [-0.1, -0.05) is 23.4 Å². The van der Waals surface area contributed by atoms with Crippen molar-refractivity contribution >= 4 is 46.6 Å². The van der Waals surface area contributed by atoms with Crippen LogP contribution < -0.4 is 10.2 Å². The Morgan fingerprint density at radius 3 is 2.62 bits per heavy atom. The maximum Gasteiger partial charge on any atom is 0.337 e. The summed E-state index contributed by atoms with van der Waals surface area (Å²) < 4.78 is 10.4. The van der Waals surface area contributed by atoms with Crippen LogP contribution in [-0.4, -0.2) is 48.0 Å². The van der Waals surface area contributed by atoms with Gasteiger partial charge in [-0.3, -0.25) is 4.79 Å². The van der Waals surface area contributed by atoms with Crippen molar-refractivity contribution in [2.24, 2.45) is 0 Å². The predicted octanol–water partition coefficient (Wildman–Crippen LogP) is 4.51. The lowest BCUT2D eigenvalue weighted by Crippen LogP contribution is -2.22. The highest BCUT2D eigenvalue weighted by molar-refractivity contribution is 7.99. The lowest BCUT2D eigenvalue weighted by atomic mass is 10.1. The van der Waals surface area contributed by atoms with Crippen LogP contribution >= 0.6 is 23.4 Å². The number of carbonyl (C=O) groups excluding carboxylic acids is 2. The van der Waals surface area contributed by atoms with Crippen molar-refractivity contribution in [3.8, 4) is 11.5 Å². The highest BCUT2D eigenvalue weighted by Crippen LogP contribution is 2.31. The Bertz CT molecular complexity index is 1110. The summed E-state index contributed by atoms with van der Waals surface area (Å²) in [6.45, 7) is 1.81. The minimum atomic E-state index is -0.455. The number of esters is 1. The maximum atomic E-state index is 12.6. The monoisotopic (exact) mass is 472 g/mol. The van der Waals surface area contributed by atoms with Gasteiger partial charge in [-0.2, -0.15) is 0 Å². The second-order valence-corrected chi connectivity index (χ2v) is 8.50. The second-order valence-electron chi connectivity index (χ2n) is 7.13. The molecule has 2 heterocycles. The Balaban J connectivity index is 1.43. The van der Waals surface area contributed by atoms with Crippen LogP contribution in [0.15, 0.2) is 52.1 Å². The van der Waals surface area contributed by atoms with E-state index in [4.69, 9.17) is 20.8 Å². The number of methoxy groups -OCH3 is 1. The molecule has 3 aromatic rings. The standard InChI is InChI=1S/C22H21ClN4O4S/c1-30-21(29)15-6-9-18(27-10-2-3-11-27)17(12-15)24-19(28)13-32-22-26-25-20(31-22)14-4-7-16(23)8-5-14/h4-9,12H,2-3,10-11,13H2,1H3,(H,24,28). The summed E-state index contributed by atoms with van der Waals surface area (Å²) in [7, 11) is 1.33. The van der Waals surface area contributed by atoms with Crippen LogP contribution in [0.3, 0.4) is 0 Å². The molecular formula is C22H21ClN4O4S. The number of amides is 1.